The van der Waals surface area contributed by atoms with Crippen molar-refractivity contribution in [2.75, 3.05) is 32.8 Å². The molecule has 0 amide bonds. The predicted octanol–water partition coefficient (Wildman–Crippen LogP) is -0.147. The maximum Gasteiger partial charge on any atom is 0.0795 e. The molecule has 0 atom stereocenters. The highest BCUT2D eigenvalue weighted by Gasteiger charge is 2.28. The molecule has 0 aromatic rings. The zero-order chi connectivity index (χ0) is 11.0. The van der Waals surface area contributed by atoms with Crippen LogP contribution in [-0.2, 0) is 0 Å². The third-order valence-electron chi connectivity index (χ3n) is 3.00. The van der Waals surface area contributed by atoms with Gasteiger partial charge in [0.15, 0.2) is 0 Å². The Morgan fingerprint density at radius 2 is 1.87 bits per heavy atom. The molecule has 1 saturated heterocycles. The van der Waals surface area contributed by atoms with Crippen molar-refractivity contribution in [1.29, 1.82) is 0 Å². The second-order valence-electron chi connectivity index (χ2n) is 4.44. The van der Waals surface area contributed by atoms with Gasteiger partial charge in [-0.3, -0.25) is 0 Å². The topological polar surface area (TPSA) is 64.5 Å². The van der Waals surface area contributed by atoms with Crippen LogP contribution in [0.25, 0.3) is 0 Å². The maximum absolute atomic E-state index is 10.1. The van der Waals surface area contributed by atoms with Crippen molar-refractivity contribution in [1.82, 2.24) is 10.6 Å². The summed E-state index contributed by atoms with van der Waals surface area (Å²) in [6.07, 6.45) is 4.71. The van der Waals surface area contributed by atoms with Crippen LogP contribution in [0.5, 0.6) is 0 Å². The van der Waals surface area contributed by atoms with Gasteiger partial charge in [-0.15, -0.1) is 0 Å². The third-order valence-corrected chi connectivity index (χ3v) is 3.00. The van der Waals surface area contributed by atoms with E-state index in [4.69, 9.17) is 5.11 Å². The van der Waals surface area contributed by atoms with E-state index >= 15 is 0 Å². The molecule has 15 heavy (non-hydrogen) atoms. The summed E-state index contributed by atoms with van der Waals surface area (Å²) in [5.41, 5.74) is -0.498. The van der Waals surface area contributed by atoms with E-state index in [0.717, 1.165) is 51.7 Å². The summed E-state index contributed by atoms with van der Waals surface area (Å²) in [4.78, 5) is 0. The molecule has 1 aliphatic rings. The fraction of sp³-hybridized carbons (Fsp3) is 1.00. The predicted molar refractivity (Wildman–Crippen MR) is 60.9 cm³/mol. The lowest BCUT2D eigenvalue weighted by molar-refractivity contribution is 0.0113. The number of aliphatic hydroxyl groups excluding tert-OH is 1. The first-order valence-electron chi connectivity index (χ1n) is 6.01. The average Bonchev–Trinajstić information content (AvgIpc) is 2.24. The van der Waals surface area contributed by atoms with E-state index < -0.39 is 5.60 Å². The van der Waals surface area contributed by atoms with Gasteiger partial charge < -0.3 is 20.8 Å². The van der Waals surface area contributed by atoms with E-state index in [2.05, 4.69) is 10.6 Å². The molecule has 0 aromatic carbocycles. The number of nitrogens with one attached hydrogen (secondary N) is 2. The Morgan fingerprint density at radius 3 is 2.53 bits per heavy atom. The van der Waals surface area contributed by atoms with Gasteiger partial charge in [0.05, 0.1) is 5.60 Å². The molecule has 1 rings (SSSR count). The standard InChI is InChI=1S/C11H24N2O2/c14-9-3-1-2-6-13-10-11(15)4-7-12-8-5-11/h12-15H,1-10H2. The maximum atomic E-state index is 10.1. The third kappa shape index (κ3) is 5.47. The highest BCUT2D eigenvalue weighted by atomic mass is 16.3. The molecule has 1 fully saturated rings. The quantitative estimate of drug-likeness (QED) is 0.447. The van der Waals surface area contributed by atoms with Crippen molar-refractivity contribution >= 4 is 0 Å². The average molecular weight is 216 g/mol. The fourth-order valence-electron chi connectivity index (χ4n) is 1.93. The second kappa shape index (κ2) is 7.17. The Morgan fingerprint density at radius 1 is 1.13 bits per heavy atom. The monoisotopic (exact) mass is 216 g/mol. The van der Waals surface area contributed by atoms with Crippen molar-refractivity contribution < 1.29 is 10.2 Å². The number of aliphatic hydroxyl groups is 2. The lowest BCUT2D eigenvalue weighted by atomic mass is 9.92. The van der Waals surface area contributed by atoms with Crippen LogP contribution in [0, 0.1) is 0 Å². The minimum Gasteiger partial charge on any atom is -0.396 e. The number of piperidine rings is 1. The largest absolute Gasteiger partial charge is 0.396 e. The highest BCUT2D eigenvalue weighted by molar-refractivity contribution is 4.86. The van der Waals surface area contributed by atoms with E-state index in [-0.39, 0.29) is 6.61 Å². The SMILES string of the molecule is OCCCCCNCC1(O)CCNCC1. The molecule has 1 heterocycles. The van der Waals surface area contributed by atoms with Gasteiger partial charge in [-0.2, -0.15) is 0 Å². The van der Waals surface area contributed by atoms with Crippen molar-refractivity contribution in [3.05, 3.63) is 0 Å². The van der Waals surface area contributed by atoms with Gasteiger partial charge in [0.25, 0.3) is 0 Å². The van der Waals surface area contributed by atoms with E-state index in [1.807, 2.05) is 0 Å². The molecule has 90 valence electrons. The summed E-state index contributed by atoms with van der Waals surface area (Å²) in [5.74, 6) is 0. The van der Waals surface area contributed by atoms with Crippen molar-refractivity contribution in [2.45, 2.75) is 37.7 Å². The fourth-order valence-corrected chi connectivity index (χ4v) is 1.93. The van der Waals surface area contributed by atoms with Gasteiger partial charge in [0, 0.05) is 13.2 Å². The summed E-state index contributed by atoms with van der Waals surface area (Å²) in [5, 5.41) is 25.3. The number of rotatable bonds is 7. The van der Waals surface area contributed by atoms with Crippen molar-refractivity contribution in [3.8, 4) is 0 Å². The molecule has 1 aliphatic heterocycles. The van der Waals surface area contributed by atoms with Crippen molar-refractivity contribution in [3.63, 3.8) is 0 Å². The minimum absolute atomic E-state index is 0.287. The van der Waals surface area contributed by atoms with Gasteiger partial charge in [0.2, 0.25) is 0 Å². The Kier molecular flexibility index (Phi) is 6.17. The van der Waals surface area contributed by atoms with Crippen LogP contribution in [-0.4, -0.2) is 48.6 Å². The van der Waals surface area contributed by atoms with E-state index in [1.165, 1.54) is 0 Å². The lowest BCUT2D eigenvalue weighted by Crippen LogP contribution is -2.48. The van der Waals surface area contributed by atoms with Gasteiger partial charge >= 0.3 is 0 Å². The first kappa shape index (κ1) is 12.9. The van der Waals surface area contributed by atoms with E-state index in [0.29, 0.717) is 6.54 Å². The van der Waals surface area contributed by atoms with Crippen LogP contribution in [0.2, 0.25) is 0 Å². The van der Waals surface area contributed by atoms with Crippen molar-refractivity contribution in [2.24, 2.45) is 0 Å². The highest BCUT2D eigenvalue weighted by Crippen LogP contribution is 2.16. The van der Waals surface area contributed by atoms with Gasteiger partial charge in [0.1, 0.15) is 0 Å². The van der Waals surface area contributed by atoms with Crippen LogP contribution in [0.15, 0.2) is 0 Å². The molecule has 0 bridgehead atoms. The molecule has 4 N–H and O–H groups in total. The summed E-state index contributed by atoms with van der Waals surface area (Å²) in [6, 6.07) is 0. The zero-order valence-corrected chi connectivity index (χ0v) is 9.47. The summed E-state index contributed by atoms with van der Waals surface area (Å²) < 4.78 is 0. The van der Waals surface area contributed by atoms with E-state index in [9.17, 15) is 5.11 Å². The lowest BCUT2D eigenvalue weighted by Gasteiger charge is -2.32. The van der Waals surface area contributed by atoms with Gasteiger partial charge in [-0.1, -0.05) is 0 Å². The Labute approximate surface area is 92.1 Å². The van der Waals surface area contributed by atoms with Crippen LogP contribution in [0.4, 0.5) is 0 Å². The molecule has 0 spiro atoms. The van der Waals surface area contributed by atoms with Crippen LogP contribution >= 0.6 is 0 Å². The van der Waals surface area contributed by atoms with Crippen LogP contribution < -0.4 is 10.6 Å². The van der Waals surface area contributed by atoms with Crippen LogP contribution in [0.1, 0.15) is 32.1 Å². The Hall–Kier alpha value is -0.160. The Balaban J connectivity index is 1.98. The molecule has 0 aromatic heterocycles. The summed E-state index contributed by atoms with van der Waals surface area (Å²) in [7, 11) is 0. The molecule has 4 nitrogen and oxygen atoms in total. The molecule has 0 unspecified atom stereocenters. The molecular formula is C11H24N2O2. The normalized spacial score (nSPS) is 20.4. The first-order chi connectivity index (χ1) is 7.27. The molecule has 0 saturated carbocycles. The molecule has 4 heteroatoms. The summed E-state index contributed by atoms with van der Waals surface area (Å²) >= 11 is 0. The second-order valence-corrected chi connectivity index (χ2v) is 4.44. The number of unbranched alkanes of at least 4 members (excludes halogenated alkanes) is 2. The number of hydrogen-bond donors (Lipinski definition) is 4. The first-order valence-corrected chi connectivity index (χ1v) is 6.01. The van der Waals surface area contributed by atoms with Gasteiger partial charge in [-0.05, 0) is 51.7 Å². The van der Waals surface area contributed by atoms with Crippen LogP contribution in [0.3, 0.4) is 0 Å². The minimum atomic E-state index is -0.498. The molecule has 0 radical (unpaired) electrons. The molecule has 0 aliphatic carbocycles. The Bertz CT molecular complexity index is 159. The zero-order valence-electron chi connectivity index (χ0n) is 9.47. The smallest absolute Gasteiger partial charge is 0.0795 e. The van der Waals surface area contributed by atoms with Gasteiger partial charge in [-0.25, -0.2) is 0 Å². The number of hydrogen-bond acceptors (Lipinski definition) is 4. The molecular weight excluding hydrogens is 192 g/mol. The van der Waals surface area contributed by atoms with E-state index in [1.54, 1.807) is 0 Å². The summed E-state index contributed by atoms with van der Waals surface area (Å²) in [6.45, 7) is 3.77.